The maximum atomic E-state index is 6.37. The first kappa shape index (κ1) is 24.5. The minimum Gasteiger partial charge on any atom is -0.491 e. The summed E-state index contributed by atoms with van der Waals surface area (Å²) in [7, 11) is 0. The number of nitrogens with one attached hydrogen (secondary N) is 1. The average Bonchev–Trinajstić information content (AvgIpc) is 3.53. The fourth-order valence-corrected chi connectivity index (χ4v) is 5.60. The van der Waals surface area contributed by atoms with Crippen molar-refractivity contribution in [1.82, 2.24) is 19.7 Å². The fraction of sp³-hybridized carbons (Fsp3) is 0.303. The van der Waals surface area contributed by atoms with Crippen LogP contribution in [0.15, 0.2) is 72.9 Å². The van der Waals surface area contributed by atoms with Crippen LogP contribution in [0, 0.1) is 19.8 Å². The lowest BCUT2D eigenvalue weighted by atomic mass is 9.97. The molecule has 1 N–H and O–H groups in total. The van der Waals surface area contributed by atoms with Crippen molar-refractivity contribution < 1.29 is 4.74 Å². The molecule has 0 bridgehead atoms. The molecule has 38 heavy (non-hydrogen) atoms. The second kappa shape index (κ2) is 10.1. The first-order valence-corrected chi connectivity index (χ1v) is 13.7. The normalized spacial score (nSPS) is 13.8. The van der Waals surface area contributed by atoms with Gasteiger partial charge in [0, 0.05) is 54.3 Å². The number of para-hydroxylation sites is 1. The Balaban J connectivity index is 1.51. The number of hydrogen-bond acceptors (Lipinski definition) is 3. The van der Waals surface area contributed by atoms with Gasteiger partial charge in [0.2, 0.25) is 0 Å². The Morgan fingerprint density at radius 2 is 1.76 bits per heavy atom. The van der Waals surface area contributed by atoms with E-state index in [0.29, 0.717) is 12.5 Å². The summed E-state index contributed by atoms with van der Waals surface area (Å²) in [5.74, 6) is 1.33. The van der Waals surface area contributed by atoms with Crippen molar-refractivity contribution in [2.45, 2.75) is 47.2 Å². The van der Waals surface area contributed by atoms with Gasteiger partial charge in [-0.2, -0.15) is 5.10 Å². The quantitative estimate of drug-likeness (QED) is 0.254. The van der Waals surface area contributed by atoms with Crippen LogP contribution in [0.25, 0.3) is 27.8 Å². The number of aromatic nitrogens is 3. The van der Waals surface area contributed by atoms with Crippen molar-refractivity contribution in [2.75, 3.05) is 13.2 Å². The molecule has 0 atom stereocenters. The van der Waals surface area contributed by atoms with Crippen LogP contribution in [0.3, 0.4) is 0 Å². The van der Waals surface area contributed by atoms with E-state index in [-0.39, 0.29) is 0 Å². The van der Waals surface area contributed by atoms with Gasteiger partial charge in [0.1, 0.15) is 11.4 Å². The number of ether oxygens (including phenoxy) is 1. The Hall–Kier alpha value is -3.83. The molecule has 3 aromatic carbocycles. The summed E-state index contributed by atoms with van der Waals surface area (Å²) in [5.41, 5.74) is 10.9. The number of benzene rings is 3. The SMILES string of the molecule is Cc1ccccc1CN1CCc2nn(-c3c(C)cccc3OCC(C)C)c(-c3cccc4[nH]ccc34)c2C1. The molecule has 0 saturated carbocycles. The van der Waals surface area contributed by atoms with Gasteiger partial charge in [-0.1, -0.05) is 62.4 Å². The van der Waals surface area contributed by atoms with E-state index in [1.807, 2.05) is 6.20 Å². The van der Waals surface area contributed by atoms with Crippen LogP contribution in [0.2, 0.25) is 0 Å². The molecule has 5 heteroatoms. The van der Waals surface area contributed by atoms with Gasteiger partial charge >= 0.3 is 0 Å². The summed E-state index contributed by atoms with van der Waals surface area (Å²) in [6, 6.07) is 23.7. The molecule has 0 saturated heterocycles. The number of nitrogens with zero attached hydrogens (tertiary/aromatic N) is 3. The van der Waals surface area contributed by atoms with Crippen molar-refractivity contribution >= 4 is 10.9 Å². The molecule has 3 heterocycles. The molecule has 5 aromatic rings. The molecular formula is C33H36N4O. The van der Waals surface area contributed by atoms with E-state index in [2.05, 4.69) is 109 Å². The number of H-pyrrole nitrogens is 1. The number of rotatable bonds is 7. The van der Waals surface area contributed by atoms with Crippen LogP contribution >= 0.6 is 0 Å². The van der Waals surface area contributed by atoms with E-state index in [4.69, 9.17) is 9.84 Å². The molecule has 6 rings (SSSR count). The predicted octanol–water partition coefficient (Wildman–Crippen LogP) is 7.23. The maximum absolute atomic E-state index is 6.37. The predicted molar refractivity (Wildman–Crippen MR) is 155 cm³/mol. The number of aryl methyl sites for hydroxylation is 2. The van der Waals surface area contributed by atoms with Crippen LogP contribution < -0.4 is 4.74 Å². The molecule has 1 aliphatic heterocycles. The molecule has 0 amide bonds. The first-order chi connectivity index (χ1) is 18.5. The van der Waals surface area contributed by atoms with Gasteiger partial charge in [0.05, 0.1) is 18.0 Å². The van der Waals surface area contributed by atoms with Crippen molar-refractivity contribution in [3.63, 3.8) is 0 Å². The molecule has 0 spiro atoms. The smallest absolute Gasteiger partial charge is 0.145 e. The number of fused-ring (bicyclic) bond motifs is 2. The standard InChI is InChI=1S/C33H36N4O/c1-22(2)21-38-31-14-7-10-24(4)32(31)37-33(27-12-8-13-29-26(27)15-17-34-29)28-20-36(18-16-30(28)35-37)19-25-11-6-5-9-23(25)3/h5-15,17,22,34H,16,18-21H2,1-4H3. The average molecular weight is 505 g/mol. The summed E-state index contributed by atoms with van der Waals surface area (Å²) in [4.78, 5) is 5.96. The van der Waals surface area contributed by atoms with E-state index in [1.165, 1.54) is 39.0 Å². The van der Waals surface area contributed by atoms with Gasteiger partial charge in [-0.15, -0.1) is 0 Å². The highest BCUT2D eigenvalue weighted by Crippen LogP contribution is 2.39. The lowest BCUT2D eigenvalue weighted by Crippen LogP contribution is -2.30. The lowest BCUT2D eigenvalue weighted by molar-refractivity contribution is 0.244. The van der Waals surface area contributed by atoms with Crippen molar-refractivity contribution in [3.05, 3.63) is 101 Å². The van der Waals surface area contributed by atoms with Gasteiger partial charge < -0.3 is 9.72 Å². The Morgan fingerprint density at radius 3 is 2.61 bits per heavy atom. The summed E-state index contributed by atoms with van der Waals surface area (Å²) in [5, 5.41) is 6.51. The van der Waals surface area contributed by atoms with Gasteiger partial charge in [0.15, 0.2) is 0 Å². The summed E-state index contributed by atoms with van der Waals surface area (Å²) in [6.45, 7) is 12.2. The molecule has 0 fully saturated rings. The van der Waals surface area contributed by atoms with Crippen molar-refractivity contribution in [2.24, 2.45) is 5.92 Å². The number of hydrogen-bond donors (Lipinski definition) is 1. The van der Waals surface area contributed by atoms with Crippen molar-refractivity contribution in [1.29, 1.82) is 0 Å². The molecule has 0 unspecified atom stereocenters. The molecule has 2 aromatic heterocycles. The molecule has 0 radical (unpaired) electrons. The minimum absolute atomic E-state index is 0.442. The third-order valence-corrected chi connectivity index (χ3v) is 7.60. The fourth-order valence-electron chi connectivity index (χ4n) is 5.60. The van der Waals surface area contributed by atoms with Gasteiger partial charge in [-0.25, -0.2) is 4.68 Å². The molecule has 0 aliphatic carbocycles. The number of aromatic amines is 1. The van der Waals surface area contributed by atoms with Gasteiger partial charge in [-0.3, -0.25) is 4.90 Å². The zero-order valence-corrected chi connectivity index (χ0v) is 22.8. The summed E-state index contributed by atoms with van der Waals surface area (Å²) in [6.07, 6.45) is 2.95. The Kier molecular flexibility index (Phi) is 6.54. The minimum atomic E-state index is 0.442. The highest BCUT2D eigenvalue weighted by Gasteiger charge is 2.29. The first-order valence-electron chi connectivity index (χ1n) is 13.7. The molecule has 5 nitrogen and oxygen atoms in total. The van der Waals surface area contributed by atoms with Gasteiger partial charge in [0.25, 0.3) is 0 Å². The summed E-state index contributed by atoms with van der Waals surface area (Å²) >= 11 is 0. The third kappa shape index (κ3) is 4.52. The van der Waals surface area contributed by atoms with E-state index in [0.717, 1.165) is 48.6 Å². The second-order valence-corrected chi connectivity index (χ2v) is 10.9. The third-order valence-electron chi connectivity index (χ3n) is 7.60. The zero-order chi connectivity index (χ0) is 26.2. The Bertz CT molecular complexity index is 1590. The van der Waals surface area contributed by atoms with Crippen LogP contribution in [0.5, 0.6) is 5.75 Å². The van der Waals surface area contributed by atoms with Crippen LogP contribution in [-0.2, 0) is 19.5 Å². The van der Waals surface area contributed by atoms with E-state index in [1.54, 1.807) is 0 Å². The van der Waals surface area contributed by atoms with Crippen LogP contribution in [0.1, 0.15) is 41.8 Å². The topological polar surface area (TPSA) is 46.1 Å². The highest BCUT2D eigenvalue weighted by atomic mass is 16.5. The van der Waals surface area contributed by atoms with E-state index < -0.39 is 0 Å². The molecular weight excluding hydrogens is 468 g/mol. The lowest BCUT2D eigenvalue weighted by Gasteiger charge is -2.27. The Labute approximate surface area is 225 Å². The molecule has 194 valence electrons. The Morgan fingerprint density at radius 1 is 0.947 bits per heavy atom. The molecule has 1 aliphatic rings. The van der Waals surface area contributed by atoms with E-state index in [9.17, 15) is 0 Å². The van der Waals surface area contributed by atoms with Crippen molar-refractivity contribution in [3.8, 4) is 22.7 Å². The summed E-state index contributed by atoms with van der Waals surface area (Å²) < 4.78 is 8.54. The van der Waals surface area contributed by atoms with Crippen LogP contribution in [-0.4, -0.2) is 32.8 Å². The van der Waals surface area contributed by atoms with E-state index >= 15 is 0 Å². The monoisotopic (exact) mass is 504 g/mol. The zero-order valence-electron chi connectivity index (χ0n) is 22.8. The highest BCUT2D eigenvalue weighted by molar-refractivity contribution is 5.95. The second-order valence-electron chi connectivity index (χ2n) is 10.9. The van der Waals surface area contributed by atoms with Crippen LogP contribution in [0.4, 0.5) is 0 Å². The maximum Gasteiger partial charge on any atom is 0.145 e. The van der Waals surface area contributed by atoms with Gasteiger partial charge in [-0.05, 0) is 54.7 Å². The largest absolute Gasteiger partial charge is 0.491 e.